The summed E-state index contributed by atoms with van der Waals surface area (Å²) in [6.07, 6.45) is 1.29. The molecule has 2 aromatic rings. The fourth-order valence-corrected chi connectivity index (χ4v) is 2.77. The average molecular weight is 322 g/mol. The van der Waals surface area contributed by atoms with Gasteiger partial charge in [-0.1, -0.05) is 35.3 Å². The zero-order chi connectivity index (χ0) is 14.8. The molecule has 1 aliphatic heterocycles. The molecule has 0 unspecified atom stereocenters. The van der Waals surface area contributed by atoms with Crippen LogP contribution in [0.1, 0.15) is 17.5 Å². The molecule has 1 heterocycles. The van der Waals surface area contributed by atoms with Gasteiger partial charge in [0.25, 0.3) is 0 Å². The number of carbonyl (C=O) groups is 1. The van der Waals surface area contributed by atoms with Gasteiger partial charge >= 0.3 is 0 Å². The van der Waals surface area contributed by atoms with Gasteiger partial charge in [-0.2, -0.15) is 0 Å². The van der Waals surface area contributed by atoms with Gasteiger partial charge in [0.15, 0.2) is 0 Å². The maximum absolute atomic E-state index is 11.4. The van der Waals surface area contributed by atoms with Gasteiger partial charge in [-0.15, -0.1) is 0 Å². The molecule has 0 saturated heterocycles. The van der Waals surface area contributed by atoms with Crippen molar-refractivity contribution in [2.45, 2.75) is 19.4 Å². The number of carbonyl (C=O) groups excluding carboxylic acids is 1. The van der Waals surface area contributed by atoms with E-state index in [0.29, 0.717) is 22.2 Å². The number of rotatable bonds is 3. The summed E-state index contributed by atoms with van der Waals surface area (Å²) in [7, 11) is 0. The minimum Gasteiger partial charge on any atom is -0.489 e. The third-order valence-corrected chi connectivity index (χ3v) is 4.13. The number of benzene rings is 2. The molecular formula is C16H13Cl2NO2. The van der Waals surface area contributed by atoms with Crippen molar-refractivity contribution in [3.8, 4) is 5.75 Å². The number of ether oxygens (including phenoxy) is 1. The summed E-state index contributed by atoms with van der Waals surface area (Å²) in [6.45, 7) is 0.283. The molecular weight excluding hydrogens is 309 g/mol. The Balaban J connectivity index is 1.77. The van der Waals surface area contributed by atoms with Crippen molar-refractivity contribution < 1.29 is 9.53 Å². The predicted octanol–water partition coefficient (Wildman–Crippen LogP) is 4.46. The molecule has 21 heavy (non-hydrogen) atoms. The van der Waals surface area contributed by atoms with Crippen molar-refractivity contribution in [1.29, 1.82) is 0 Å². The molecule has 5 heteroatoms. The first-order chi connectivity index (χ1) is 10.1. The van der Waals surface area contributed by atoms with Crippen molar-refractivity contribution in [2.24, 2.45) is 0 Å². The van der Waals surface area contributed by atoms with E-state index < -0.39 is 0 Å². The highest BCUT2D eigenvalue weighted by Gasteiger charge is 2.15. The molecule has 1 aliphatic rings. The van der Waals surface area contributed by atoms with Gasteiger partial charge in [0.05, 0.1) is 0 Å². The lowest BCUT2D eigenvalue weighted by Crippen LogP contribution is -2.18. The van der Waals surface area contributed by atoms with E-state index in [9.17, 15) is 4.79 Å². The highest BCUT2D eigenvalue weighted by molar-refractivity contribution is 6.35. The Morgan fingerprint density at radius 2 is 1.86 bits per heavy atom. The molecule has 0 aromatic heterocycles. The molecule has 0 bridgehead atoms. The van der Waals surface area contributed by atoms with Crippen molar-refractivity contribution in [3.63, 3.8) is 0 Å². The SMILES string of the molecule is O=C1CCc2ccc(OCc3c(Cl)cccc3Cl)cc2N1. The smallest absolute Gasteiger partial charge is 0.224 e. The van der Waals surface area contributed by atoms with Gasteiger partial charge in [0, 0.05) is 33.8 Å². The summed E-state index contributed by atoms with van der Waals surface area (Å²) in [4.78, 5) is 11.4. The average Bonchev–Trinajstić information content (AvgIpc) is 2.46. The fraction of sp³-hybridized carbons (Fsp3) is 0.188. The standard InChI is InChI=1S/C16H13Cl2NO2/c17-13-2-1-3-14(18)12(13)9-21-11-6-4-10-5-7-16(20)19-15(10)8-11/h1-4,6,8H,5,7,9H2,(H,19,20). The van der Waals surface area contributed by atoms with Crippen molar-refractivity contribution in [2.75, 3.05) is 5.32 Å². The third kappa shape index (κ3) is 3.14. The van der Waals surface area contributed by atoms with E-state index in [1.165, 1.54) is 0 Å². The van der Waals surface area contributed by atoms with Crippen LogP contribution >= 0.6 is 23.2 Å². The van der Waals surface area contributed by atoms with E-state index in [1.807, 2.05) is 18.2 Å². The molecule has 3 rings (SSSR count). The Morgan fingerprint density at radius 3 is 2.62 bits per heavy atom. The quantitative estimate of drug-likeness (QED) is 0.906. The number of anilines is 1. The lowest BCUT2D eigenvalue weighted by Gasteiger charge is -2.18. The molecule has 0 radical (unpaired) electrons. The van der Waals surface area contributed by atoms with Crippen LogP contribution in [0, 0.1) is 0 Å². The van der Waals surface area contributed by atoms with E-state index >= 15 is 0 Å². The molecule has 0 aliphatic carbocycles. The highest BCUT2D eigenvalue weighted by Crippen LogP contribution is 2.29. The summed E-state index contributed by atoms with van der Waals surface area (Å²) in [6, 6.07) is 11.0. The monoisotopic (exact) mass is 321 g/mol. The van der Waals surface area contributed by atoms with E-state index in [0.717, 1.165) is 23.2 Å². The van der Waals surface area contributed by atoms with Gasteiger partial charge in [-0.3, -0.25) is 4.79 Å². The van der Waals surface area contributed by atoms with Crippen LogP contribution < -0.4 is 10.1 Å². The molecule has 0 atom stereocenters. The largest absolute Gasteiger partial charge is 0.489 e. The van der Waals surface area contributed by atoms with Crippen LogP contribution in [0.4, 0.5) is 5.69 Å². The van der Waals surface area contributed by atoms with E-state index in [4.69, 9.17) is 27.9 Å². The summed E-state index contributed by atoms with van der Waals surface area (Å²) in [5.74, 6) is 0.709. The van der Waals surface area contributed by atoms with Gasteiger partial charge in [-0.05, 0) is 30.2 Å². The van der Waals surface area contributed by atoms with Crippen LogP contribution in [-0.4, -0.2) is 5.91 Å². The molecule has 3 nitrogen and oxygen atoms in total. The second kappa shape index (κ2) is 5.96. The van der Waals surface area contributed by atoms with Crippen LogP contribution in [0.2, 0.25) is 10.0 Å². The zero-order valence-corrected chi connectivity index (χ0v) is 12.7. The number of halogens is 2. The van der Waals surface area contributed by atoms with Gasteiger partial charge in [-0.25, -0.2) is 0 Å². The summed E-state index contributed by atoms with van der Waals surface area (Å²) < 4.78 is 5.73. The van der Waals surface area contributed by atoms with Crippen LogP contribution in [0.3, 0.4) is 0 Å². The van der Waals surface area contributed by atoms with Gasteiger partial charge in [0.1, 0.15) is 12.4 Å². The Kier molecular flexibility index (Phi) is 4.04. The van der Waals surface area contributed by atoms with Crippen LogP contribution in [-0.2, 0) is 17.8 Å². The lowest BCUT2D eigenvalue weighted by molar-refractivity contribution is -0.116. The number of aryl methyl sites for hydroxylation is 1. The molecule has 0 saturated carbocycles. The predicted molar refractivity (Wildman–Crippen MR) is 84.2 cm³/mol. The molecule has 0 fully saturated rings. The number of hydrogen-bond acceptors (Lipinski definition) is 2. The van der Waals surface area contributed by atoms with Crippen LogP contribution in [0.5, 0.6) is 5.75 Å². The molecule has 1 amide bonds. The first kappa shape index (κ1) is 14.2. The Morgan fingerprint density at radius 1 is 1.10 bits per heavy atom. The number of amides is 1. The summed E-state index contributed by atoms with van der Waals surface area (Å²) in [5, 5.41) is 4.01. The van der Waals surface area contributed by atoms with E-state index in [2.05, 4.69) is 5.32 Å². The minimum atomic E-state index is 0.0359. The maximum atomic E-state index is 11.4. The summed E-state index contributed by atoms with van der Waals surface area (Å²) >= 11 is 12.2. The molecule has 1 N–H and O–H groups in total. The summed E-state index contributed by atoms with van der Waals surface area (Å²) in [5.41, 5.74) is 2.69. The number of fused-ring (bicyclic) bond motifs is 1. The van der Waals surface area contributed by atoms with Gasteiger partial charge < -0.3 is 10.1 Å². The maximum Gasteiger partial charge on any atom is 0.224 e. The number of hydrogen-bond donors (Lipinski definition) is 1. The Hall–Kier alpha value is -1.71. The zero-order valence-electron chi connectivity index (χ0n) is 11.2. The van der Waals surface area contributed by atoms with Crippen molar-refractivity contribution in [3.05, 3.63) is 57.6 Å². The first-order valence-corrected chi connectivity index (χ1v) is 7.37. The third-order valence-electron chi connectivity index (χ3n) is 3.42. The Bertz CT molecular complexity index is 680. The lowest BCUT2D eigenvalue weighted by atomic mass is 10.0. The van der Waals surface area contributed by atoms with Crippen LogP contribution in [0.15, 0.2) is 36.4 Å². The molecule has 2 aromatic carbocycles. The fourth-order valence-electron chi connectivity index (χ4n) is 2.27. The second-order valence-electron chi connectivity index (χ2n) is 4.86. The Labute approximate surface area is 132 Å². The van der Waals surface area contributed by atoms with E-state index in [1.54, 1.807) is 18.2 Å². The molecule has 108 valence electrons. The second-order valence-corrected chi connectivity index (χ2v) is 5.67. The number of nitrogens with one attached hydrogen (secondary N) is 1. The van der Waals surface area contributed by atoms with Crippen molar-refractivity contribution in [1.82, 2.24) is 0 Å². The highest BCUT2D eigenvalue weighted by atomic mass is 35.5. The van der Waals surface area contributed by atoms with Crippen LogP contribution in [0.25, 0.3) is 0 Å². The minimum absolute atomic E-state index is 0.0359. The van der Waals surface area contributed by atoms with Gasteiger partial charge in [0.2, 0.25) is 5.91 Å². The topological polar surface area (TPSA) is 38.3 Å². The normalized spacial score (nSPS) is 13.5. The first-order valence-electron chi connectivity index (χ1n) is 6.62. The van der Waals surface area contributed by atoms with E-state index in [-0.39, 0.29) is 12.5 Å². The van der Waals surface area contributed by atoms with Crippen molar-refractivity contribution >= 4 is 34.8 Å². The molecule has 0 spiro atoms.